The topological polar surface area (TPSA) is 360 Å². The standard InChI is InChI=1S/C10H16N5O13P3.C5H5N5/c11-8-5-9(13-2-12-8)15(3-14-5)10-7(17)6(16)4(26-10)1-25-30(21,22)28-31(23,24)27-29(18,19)20;6-4-3-5(9-1-7-3)10-2-8-4/h2-4,6-7,10,16-17H,1H2,(H,21,22)(H,23,24)(H2,11,12,13)(H2,18,19,20);1-2H,(H3,6,7,8,9,10)/t4-,6-,7-,10-;/m1./s1. The van der Waals surface area contributed by atoms with Crippen LogP contribution >= 0.6 is 23.5 Å². The number of nitrogens with one attached hydrogen (secondary N) is 1. The number of fused-ring (bicyclic) bond motifs is 2. The fourth-order valence-electron chi connectivity index (χ4n) is 3.41. The fourth-order valence-corrected chi connectivity index (χ4v) is 6.44. The minimum atomic E-state index is -5.70. The molecule has 6 atom stereocenters. The number of rotatable bonds is 8. The third-order valence-corrected chi connectivity index (χ3v) is 8.87. The lowest BCUT2D eigenvalue weighted by atomic mass is 10.1. The quantitative estimate of drug-likeness (QED) is 0.0967. The van der Waals surface area contributed by atoms with Crippen LogP contribution < -0.4 is 11.5 Å². The van der Waals surface area contributed by atoms with E-state index in [9.17, 15) is 28.8 Å². The summed E-state index contributed by atoms with van der Waals surface area (Å²) in [4.78, 5) is 61.6. The zero-order chi connectivity index (χ0) is 30.2. The van der Waals surface area contributed by atoms with E-state index >= 15 is 0 Å². The molecule has 5 rings (SSSR count). The molecule has 0 aliphatic carbocycles. The number of hydrogen-bond donors (Lipinski definition) is 9. The van der Waals surface area contributed by atoms with Crippen molar-refractivity contribution in [3.8, 4) is 0 Å². The van der Waals surface area contributed by atoms with Gasteiger partial charge in [-0.2, -0.15) is 8.62 Å². The second-order valence-electron chi connectivity index (χ2n) is 7.88. The lowest BCUT2D eigenvalue weighted by Crippen LogP contribution is -2.33. The van der Waals surface area contributed by atoms with Crippen LogP contribution in [0.25, 0.3) is 22.3 Å². The number of aromatic amines is 1. The van der Waals surface area contributed by atoms with Gasteiger partial charge in [-0.1, -0.05) is 0 Å². The zero-order valence-corrected chi connectivity index (χ0v) is 22.7. The monoisotopic (exact) mass is 642 g/mol. The molecule has 1 saturated heterocycles. The number of aromatic nitrogens is 8. The summed E-state index contributed by atoms with van der Waals surface area (Å²) in [7, 11) is -16.7. The van der Waals surface area contributed by atoms with Gasteiger partial charge in [0.2, 0.25) is 0 Å². The van der Waals surface area contributed by atoms with E-state index in [0.29, 0.717) is 17.0 Å². The molecule has 0 spiro atoms. The molecule has 26 heteroatoms. The number of anilines is 2. The number of ether oxygens (including phenoxy) is 1. The molecule has 23 nitrogen and oxygen atoms in total. The predicted octanol–water partition coefficient (Wildman–Crippen LogP) is -1.69. The molecule has 0 amide bonds. The highest BCUT2D eigenvalue weighted by atomic mass is 31.3. The van der Waals surface area contributed by atoms with Crippen LogP contribution in [0, 0.1) is 0 Å². The van der Waals surface area contributed by atoms with Gasteiger partial charge in [0, 0.05) is 0 Å². The maximum absolute atomic E-state index is 11.8. The Morgan fingerprint density at radius 3 is 2.27 bits per heavy atom. The zero-order valence-electron chi connectivity index (χ0n) is 20.0. The van der Waals surface area contributed by atoms with Crippen molar-refractivity contribution in [1.29, 1.82) is 0 Å². The van der Waals surface area contributed by atoms with E-state index in [-0.39, 0.29) is 17.0 Å². The van der Waals surface area contributed by atoms with Crippen molar-refractivity contribution in [2.45, 2.75) is 24.5 Å². The molecule has 41 heavy (non-hydrogen) atoms. The summed E-state index contributed by atoms with van der Waals surface area (Å²) in [6.45, 7) is -0.956. The highest BCUT2D eigenvalue weighted by molar-refractivity contribution is 7.66. The van der Waals surface area contributed by atoms with Gasteiger partial charge in [-0.15, -0.1) is 0 Å². The Bertz CT molecular complexity index is 1680. The molecule has 0 bridgehead atoms. The Kier molecular flexibility index (Phi) is 8.83. The number of aliphatic hydroxyl groups excluding tert-OH is 2. The van der Waals surface area contributed by atoms with Gasteiger partial charge >= 0.3 is 23.5 Å². The number of nitrogens with zero attached hydrogens (tertiary/aromatic N) is 7. The van der Waals surface area contributed by atoms with Gasteiger partial charge in [-0.25, -0.2) is 43.6 Å². The van der Waals surface area contributed by atoms with Crippen molar-refractivity contribution in [2.75, 3.05) is 18.1 Å². The maximum atomic E-state index is 11.8. The molecule has 4 aromatic heterocycles. The first-order valence-corrected chi connectivity index (χ1v) is 15.2. The molecule has 0 radical (unpaired) electrons. The van der Waals surface area contributed by atoms with Crippen molar-refractivity contribution in [3.05, 3.63) is 25.3 Å². The van der Waals surface area contributed by atoms with Crippen LogP contribution in [-0.2, 0) is 31.6 Å². The second-order valence-corrected chi connectivity index (χ2v) is 12.3. The minimum absolute atomic E-state index is 0.0426. The van der Waals surface area contributed by atoms with E-state index in [4.69, 9.17) is 30.9 Å². The summed E-state index contributed by atoms with van der Waals surface area (Å²) in [5.41, 5.74) is 12.8. The third kappa shape index (κ3) is 7.45. The van der Waals surface area contributed by atoms with Gasteiger partial charge in [0.25, 0.3) is 0 Å². The van der Waals surface area contributed by atoms with Gasteiger partial charge in [-0.3, -0.25) is 9.09 Å². The normalized spacial score (nSPS) is 24.0. The third-order valence-electron chi connectivity index (χ3n) is 5.07. The summed E-state index contributed by atoms with van der Waals surface area (Å²) in [6, 6.07) is 0. The van der Waals surface area contributed by atoms with Gasteiger partial charge < -0.3 is 51.0 Å². The van der Waals surface area contributed by atoms with E-state index in [1.54, 1.807) is 0 Å². The second kappa shape index (κ2) is 11.7. The summed E-state index contributed by atoms with van der Waals surface area (Å²) in [5, 5.41) is 20.4. The number of hydrogen-bond acceptors (Lipinski definition) is 17. The van der Waals surface area contributed by atoms with Crippen molar-refractivity contribution in [3.63, 3.8) is 0 Å². The number of phosphoric acid groups is 3. The molecule has 0 saturated carbocycles. The number of phosphoric ester groups is 1. The minimum Gasteiger partial charge on any atom is -0.387 e. The first kappa shape index (κ1) is 30.9. The largest absolute Gasteiger partial charge is 0.490 e. The number of H-pyrrole nitrogens is 1. The molecule has 11 N–H and O–H groups in total. The molecule has 5 heterocycles. The SMILES string of the molecule is Nc1ncnc2c1ncn2[C@@H]1O[C@H](COP(=O)(O)OP(=O)(O)OP(=O)(O)O)[C@@H](O)[C@H]1O.Nc1ncnc2nc[nH]c12. The first-order chi connectivity index (χ1) is 19.1. The van der Waals surface area contributed by atoms with Crippen molar-refractivity contribution in [1.82, 2.24) is 39.5 Å². The molecule has 1 aliphatic rings. The van der Waals surface area contributed by atoms with Crippen molar-refractivity contribution in [2.24, 2.45) is 0 Å². The lowest BCUT2D eigenvalue weighted by molar-refractivity contribution is -0.0503. The Morgan fingerprint density at radius 2 is 1.59 bits per heavy atom. The van der Waals surface area contributed by atoms with Crippen LogP contribution in [0.1, 0.15) is 6.23 Å². The number of nitrogen functional groups attached to an aromatic ring is 2. The maximum Gasteiger partial charge on any atom is 0.490 e. The van der Waals surface area contributed by atoms with Crippen LogP contribution in [0.2, 0.25) is 0 Å². The molecular formula is C15H21N10O13P3. The average Bonchev–Trinajstić information content (AvgIpc) is 3.56. The van der Waals surface area contributed by atoms with Gasteiger partial charge in [0.05, 0.1) is 19.3 Å². The smallest absolute Gasteiger partial charge is 0.387 e. The van der Waals surface area contributed by atoms with E-state index < -0.39 is 54.6 Å². The predicted molar refractivity (Wildman–Crippen MR) is 132 cm³/mol. The lowest BCUT2D eigenvalue weighted by Gasteiger charge is -2.19. The number of imidazole rings is 2. The molecule has 224 valence electrons. The van der Waals surface area contributed by atoms with Crippen LogP contribution in [0.3, 0.4) is 0 Å². The average molecular weight is 642 g/mol. The van der Waals surface area contributed by atoms with E-state index in [0.717, 1.165) is 6.33 Å². The molecular weight excluding hydrogens is 621 g/mol. The van der Waals surface area contributed by atoms with Crippen LogP contribution in [-0.4, -0.2) is 94.2 Å². The number of nitrogens with two attached hydrogens (primary N) is 2. The Labute approximate surface area is 226 Å². The van der Waals surface area contributed by atoms with Gasteiger partial charge in [0.1, 0.15) is 42.0 Å². The van der Waals surface area contributed by atoms with Gasteiger partial charge in [-0.05, 0) is 0 Å². The summed E-state index contributed by atoms with van der Waals surface area (Å²) in [5.74, 6) is 0.475. The molecule has 1 aliphatic heterocycles. The van der Waals surface area contributed by atoms with E-state index in [1.165, 1.54) is 23.5 Å². The van der Waals surface area contributed by atoms with Crippen molar-refractivity contribution < 1.29 is 61.4 Å². The fraction of sp³-hybridized carbons (Fsp3) is 0.333. The highest BCUT2D eigenvalue weighted by Crippen LogP contribution is 2.66. The summed E-state index contributed by atoms with van der Waals surface area (Å²) >= 11 is 0. The Morgan fingerprint density at radius 1 is 0.902 bits per heavy atom. The Hall–Kier alpha value is -3.01. The molecule has 1 fully saturated rings. The van der Waals surface area contributed by atoms with E-state index in [2.05, 4.69) is 48.0 Å². The molecule has 2 unspecified atom stereocenters. The summed E-state index contributed by atoms with van der Waals surface area (Å²) in [6.07, 6.45) is -0.766. The van der Waals surface area contributed by atoms with E-state index in [1.807, 2.05) is 0 Å². The summed E-state index contributed by atoms with van der Waals surface area (Å²) < 4.78 is 51.9. The Balaban J connectivity index is 0.000000322. The van der Waals surface area contributed by atoms with Crippen LogP contribution in [0.5, 0.6) is 0 Å². The highest BCUT2D eigenvalue weighted by Gasteiger charge is 2.47. The molecule has 0 aromatic carbocycles. The van der Waals surface area contributed by atoms with Crippen LogP contribution in [0.4, 0.5) is 11.6 Å². The van der Waals surface area contributed by atoms with Crippen LogP contribution in [0.15, 0.2) is 25.3 Å². The number of aliphatic hydroxyl groups is 2. The first-order valence-electron chi connectivity index (χ1n) is 10.7. The van der Waals surface area contributed by atoms with Gasteiger partial charge in [0.15, 0.2) is 29.2 Å². The molecule has 4 aromatic rings. The van der Waals surface area contributed by atoms with Crippen molar-refractivity contribution >= 4 is 57.4 Å².